The molecule has 2 N–H and O–H groups in total. The molecule has 3 heterocycles. The van der Waals surface area contributed by atoms with E-state index >= 15 is 0 Å². The zero-order valence-electron chi connectivity index (χ0n) is 19.2. The standard InChI is InChI=1S/C22H33N5O4S/c1-5-27-17(13-25-8-10-26(11-9-25)21(29)23-15(3)4)18(20(28)31-6-2)19(24-22(27)30)16-7-12-32-14-16/h7,12,14-15,19H,5-6,8-11,13H2,1-4H3,(H,23,29)(H,24,30). The van der Waals surface area contributed by atoms with Gasteiger partial charge in [-0.3, -0.25) is 9.80 Å². The van der Waals surface area contributed by atoms with Gasteiger partial charge >= 0.3 is 18.0 Å². The number of ether oxygens (including phenoxy) is 1. The Morgan fingerprint density at radius 1 is 1.25 bits per heavy atom. The molecule has 0 aliphatic carbocycles. The molecule has 0 saturated carbocycles. The van der Waals surface area contributed by atoms with Crippen LogP contribution in [0.3, 0.4) is 0 Å². The predicted molar refractivity (Wildman–Crippen MR) is 123 cm³/mol. The van der Waals surface area contributed by atoms with E-state index in [0.717, 1.165) is 5.56 Å². The number of rotatable bonds is 7. The number of hydrogen-bond donors (Lipinski definition) is 2. The summed E-state index contributed by atoms with van der Waals surface area (Å²) in [4.78, 5) is 43.8. The summed E-state index contributed by atoms with van der Waals surface area (Å²) in [6.07, 6.45) is 0. The molecule has 1 saturated heterocycles. The Morgan fingerprint density at radius 2 is 1.97 bits per heavy atom. The molecule has 2 aliphatic heterocycles. The summed E-state index contributed by atoms with van der Waals surface area (Å²) in [6, 6.07) is 1.19. The molecule has 1 unspecified atom stereocenters. The number of urea groups is 2. The number of hydrogen-bond acceptors (Lipinski definition) is 6. The van der Waals surface area contributed by atoms with Crippen LogP contribution in [0.25, 0.3) is 0 Å². The highest BCUT2D eigenvalue weighted by atomic mass is 32.1. The maximum absolute atomic E-state index is 13.0. The molecule has 176 valence electrons. The summed E-state index contributed by atoms with van der Waals surface area (Å²) in [5, 5.41) is 9.77. The Bertz CT molecular complexity index is 847. The Morgan fingerprint density at radius 3 is 2.53 bits per heavy atom. The number of amides is 4. The van der Waals surface area contributed by atoms with Gasteiger partial charge in [0, 0.05) is 51.0 Å². The van der Waals surface area contributed by atoms with E-state index in [1.165, 1.54) is 11.3 Å². The minimum absolute atomic E-state index is 0.0594. The SMILES string of the molecule is CCOC(=O)C1=C(CN2CCN(C(=O)NC(C)C)CC2)N(CC)C(=O)NC1c1ccsc1. The minimum atomic E-state index is -0.538. The molecule has 0 aromatic carbocycles. The van der Waals surface area contributed by atoms with Gasteiger partial charge in [-0.1, -0.05) is 0 Å². The molecule has 0 radical (unpaired) electrons. The van der Waals surface area contributed by atoms with Gasteiger partial charge in [0.25, 0.3) is 0 Å². The van der Waals surface area contributed by atoms with Crippen molar-refractivity contribution in [2.45, 2.75) is 39.8 Å². The summed E-state index contributed by atoms with van der Waals surface area (Å²) in [5.41, 5.74) is 2.02. The van der Waals surface area contributed by atoms with Crippen LogP contribution in [0.1, 0.15) is 39.3 Å². The van der Waals surface area contributed by atoms with Crippen molar-refractivity contribution in [1.82, 2.24) is 25.3 Å². The van der Waals surface area contributed by atoms with Crippen molar-refractivity contribution < 1.29 is 19.1 Å². The van der Waals surface area contributed by atoms with Crippen LogP contribution in [0.5, 0.6) is 0 Å². The summed E-state index contributed by atoms with van der Waals surface area (Å²) >= 11 is 1.52. The summed E-state index contributed by atoms with van der Waals surface area (Å²) in [7, 11) is 0. The maximum Gasteiger partial charge on any atom is 0.338 e. The second-order valence-corrected chi connectivity index (χ2v) is 8.91. The Balaban J connectivity index is 1.85. The van der Waals surface area contributed by atoms with Crippen molar-refractivity contribution in [3.05, 3.63) is 33.7 Å². The highest BCUT2D eigenvalue weighted by Crippen LogP contribution is 2.33. The number of carbonyl (C=O) groups excluding carboxylic acids is 3. The number of nitrogens with one attached hydrogen (secondary N) is 2. The normalized spacial score (nSPS) is 19.9. The lowest BCUT2D eigenvalue weighted by Gasteiger charge is -2.40. The fraction of sp³-hybridized carbons (Fsp3) is 0.591. The van der Waals surface area contributed by atoms with Gasteiger partial charge in [-0.15, -0.1) is 0 Å². The maximum atomic E-state index is 13.0. The molecule has 3 rings (SSSR count). The molecule has 0 bridgehead atoms. The van der Waals surface area contributed by atoms with Crippen molar-refractivity contribution in [3.63, 3.8) is 0 Å². The van der Waals surface area contributed by atoms with E-state index in [1.807, 2.05) is 37.6 Å². The van der Waals surface area contributed by atoms with Gasteiger partial charge < -0.3 is 20.3 Å². The Kier molecular flexibility index (Phi) is 8.14. The lowest BCUT2D eigenvalue weighted by atomic mass is 9.96. The van der Waals surface area contributed by atoms with E-state index in [-0.39, 0.29) is 24.7 Å². The first-order chi connectivity index (χ1) is 15.3. The number of esters is 1. The molecular weight excluding hydrogens is 430 g/mol. The topological polar surface area (TPSA) is 94.2 Å². The number of piperazine rings is 1. The van der Waals surface area contributed by atoms with Crippen LogP contribution >= 0.6 is 11.3 Å². The van der Waals surface area contributed by atoms with Crippen LogP contribution in [0.4, 0.5) is 9.59 Å². The quantitative estimate of drug-likeness (QED) is 0.606. The highest BCUT2D eigenvalue weighted by Gasteiger charge is 2.38. The highest BCUT2D eigenvalue weighted by molar-refractivity contribution is 7.08. The first kappa shape index (κ1) is 24.1. The van der Waals surface area contributed by atoms with E-state index in [4.69, 9.17) is 4.74 Å². The monoisotopic (exact) mass is 463 g/mol. The zero-order chi connectivity index (χ0) is 23.3. The largest absolute Gasteiger partial charge is 0.463 e. The summed E-state index contributed by atoms with van der Waals surface area (Å²) < 4.78 is 5.39. The van der Waals surface area contributed by atoms with Crippen LogP contribution in [-0.4, -0.2) is 84.6 Å². The van der Waals surface area contributed by atoms with Gasteiger partial charge in [0.1, 0.15) is 0 Å². The molecule has 4 amide bonds. The van der Waals surface area contributed by atoms with Crippen LogP contribution in [-0.2, 0) is 9.53 Å². The molecule has 1 atom stereocenters. The van der Waals surface area contributed by atoms with Crippen molar-refractivity contribution in [2.75, 3.05) is 45.9 Å². The third-order valence-corrected chi connectivity index (χ3v) is 6.27. The fourth-order valence-corrected chi connectivity index (χ4v) is 4.69. The Labute approximate surface area is 193 Å². The molecule has 0 spiro atoms. The van der Waals surface area contributed by atoms with E-state index < -0.39 is 12.0 Å². The van der Waals surface area contributed by atoms with Crippen molar-refractivity contribution in [3.8, 4) is 0 Å². The van der Waals surface area contributed by atoms with Gasteiger partial charge in [-0.25, -0.2) is 14.4 Å². The van der Waals surface area contributed by atoms with Gasteiger partial charge in [-0.05, 0) is 50.1 Å². The Hall–Kier alpha value is -2.59. The summed E-state index contributed by atoms with van der Waals surface area (Å²) in [5.74, 6) is -0.410. The van der Waals surface area contributed by atoms with Crippen LogP contribution in [0.2, 0.25) is 0 Å². The lowest BCUT2D eigenvalue weighted by Crippen LogP contribution is -2.55. The van der Waals surface area contributed by atoms with E-state index in [2.05, 4.69) is 15.5 Å². The molecule has 10 heteroatoms. The number of carbonyl (C=O) groups is 3. The van der Waals surface area contributed by atoms with Crippen LogP contribution in [0.15, 0.2) is 28.1 Å². The lowest BCUT2D eigenvalue weighted by molar-refractivity contribution is -0.139. The molecular formula is C22H33N5O4S. The van der Waals surface area contributed by atoms with E-state index in [0.29, 0.717) is 50.5 Å². The van der Waals surface area contributed by atoms with Crippen molar-refractivity contribution >= 4 is 29.4 Å². The molecule has 9 nitrogen and oxygen atoms in total. The van der Waals surface area contributed by atoms with Gasteiger partial charge in [-0.2, -0.15) is 11.3 Å². The van der Waals surface area contributed by atoms with Crippen LogP contribution < -0.4 is 10.6 Å². The molecule has 32 heavy (non-hydrogen) atoms. The fourth-order valence-electron chi connectivity index (χ4n) is 4.01. The first-order valence-corrected chi connectivity index (χ1v) is 12.1. The summed E-state index contributed by atoms with van der Waals surface area (Å²) in [6.45, 7) is 11.2. The molecule has 1 aromatic heterocycles. The van der Waals surface area contributed by atoms with Gasteiger partial charge in [0.05, 0.1) is 18.2 Å². The van der Waals surface area contributed by atoms with Gasteiger partial charge in [0.15, 0.2) is 0 Å². The molecule has 1 aromatic rings. The second kappa shape index (κ2) is 10.8. The average molecular weight is 464 g/mol. The smallest absolute Gasteiger partial charge is 0.338 e. The third-order valence-electron chi connectivity index (χ3n) is 5.57. The van der Waals surface area contributed by atoms with Crippen LogP contribution in [0, 0.1) is 0 Å². The number of thiophene rings is 1. The third kappa shape index (κ3) is 5.42. The predicted octanol–water partition coefficient (Wildman–Crippen LogP) is 2.39. The first-order valence-electron chi connectivity index (χ1n) is 11.1. The van der Waals surface area contributed by atoms with Crippen molar-refractivity contribution in [2.24, 2.45) is 0 Å². The van der Waals surface area contributed by atoms with Gasteiger partial charge in [0.2, 0.25) is 0 Å². The van der Waals surface area contributed by atoms with Crippen molar-refractivity contribution in [1.29, 1.82) is 0 Å². The molecule has 1 fully saturated rings. The number of likely N-dealkylation sites (N-methyl/N-ethyl adjacent to an activating group) is 1. The number of nitrogens with zero attached hydrogens (tertiary/aromatic N) is 3. The minimum Gasteiger partial charge on any atom is -0.463 e. The van der Waals surface area contributed by atoms with E-state index in [1.54, 1.807) is 16.7 Å². The molecule has 2 aliphatic rings. The average Bonchev–Trinajstić information content (AvgIpc) is 3.28. The second-order valence-electron chi connectivity index (χ2n) is 8.13. The van der Waals surface area contributed by atoms with E-state index in [9.17, 15) is 14.4 Å². The zero-order valence-corrected chi connectivity index (χ0v) is 20.0.